The molecule has 15 heavy (non-hydrogen) atoms. The van der Waals surface area contributed by atoms with Gasteiger partial charge < -0.3 is 0 Å². The summed E-state index contributed by atoms with van der Waals surface area (Å²) in [5.74, 6) is -0.0328. The average molecular weight is 202 g/mol. The van der Waals surface area contributed by atoms with Gasteiger partial charge in [-0.3, -0.25) is 10.2 Å². The maximum Gasteiger partial charge on any atom is 0.262 e. The summed E-state index contributed by atoms with van der Waals surface area (Å²) in [6, 6.07) is 8.26. The van der Waals surface area contributed by atoms with Crippen molar-refractivity contribution in [3.05, 3.63) is 41.0 Å². The van der Waals surface area contributed by atoms with E-state index in [2.05, 4.69) is 29.9 Å². The first kappa shape index (κ1) is 9.93. The van der Waals surface area contributed by atoms with Crippen molar-refractivity contribution in [2.45, 2.75) is 13.3 Å². The molecule has 78 valence electrons. The van der Waals surface area contributed by atoms with Crippen LogP contribution in [0.15, 0.2) is 29.8 Å². The molecule has 0 radical (unpaired) electrons. The first-order valence-electron chi connectivity index (χ1n) is 5.12. The van der Waals surface area contributed by atoms with Crippen LogP contribution in [0.25, 0.3) is 6.08 Å². The molecule has 0 aromatic heterocycles. The molecule has 0 aliphatic carbocycles. The molecule has 0 bridgehead atoms. The minimum atomic E-state index is -0.0328. The molecule has 1 amide bonds. The van der Waals surface area contributed by atoms with E-state index in [0.29, 0.717) is 6.54 Å². The van der Waals surface area contributed by atoms with Crippen LogP contribution in [-0.4, -0.2) is 12.5 Å². The Balaban J connectivity index is 2.20. The van der Waals surface area contributed by atoms with Gasteiger partial charge in [0.25, 0.3) is 5.91 Å². The predicted molar refractivity (Wildman–Crippen MR) is 59.9 cm³/mol. The largest absolute Gasteiger partial charge is 0.287 e. The Hall–Kier alpha value is -1.61. The molecular weight excluding hydrogens is 188 g/mol. The van der Waals surface area contributed by atoms with E-state index in [1.54, 1.807) is 0 Å². The number of benzene rings is 1. The third-order valence-electron chi connectivity index (χ3n) is 2.50. The molecule has 1 saturated heterocycles. The standard InChI is InChI=1S/C12H14N2O/c1-2-9-3-5-10(6-4-9)7-11-8-13-14-12(11)15/h3-7,13H,2,8H2,1H3,(H,14,15)/b11-7+. The molecule has 3 heteroatoms. The Kier molecular flexibility index (Phi) is 2.83. The van der Waals surface area contributed by atoms with E-state index >= 15 is 0 Å². The van der Waals surface area contributed by atoms with Gasteiger partial charge in [-0.25, -0.2) is 5.43 Å². The van der Waals surface area contributed by atoms with Crippen molar-refractivity contribution in [3.8, 4) is 0 Å². The lowest BCUT2D eigenvalue weighted by Gasteiger charge is -1.98. The monoisotopic (exact) mass is 202 g/mol. The summed E-state index contributed by atoms with van der Waals surface area (Å²) < 4.78 is 0. The van der Waals surface area contributed by atoms with E-state index < -0.39 is 0 Å². The van der Waals surface area contributed by atoms with E-state index in [0.717, 1.165) is 17.6 Å². The van der Waals surface area contributed by atoms with Gasteiger partial charge in [0.15, 0.2) is 0 Å². The van der Waals surface area contributed by atoms with Crippen LogP contribution in [0, 0.1) is 0 Å². The molecule has 3 nitrogen and oxygen atoms in total. The molecule has 1 aliphatic rings. The zero-order valence-corrected chi connectivity index (χ0v) is 8.71. The number of carbonyl (C=O) groups is 1. The van der Waals surface area contributed by atoms with Crippen LogP contribution in [0.3, 0.4) is 0 Å². The van der Waals surface area contributed by atoms with Crippen molar-refractivity contribution in [3.63, 3.8) is 0 Å². The number of hydrazine groups is 1. The molecule has 1 heterocycles. The Morgan fingerprint density at radius 1 is 1.33 bits per heavy atom. The predicted octanol–water partition coefficient (Wildman–Crippen LogP) is 1.27. The molecular formula is C12H14N2O. The van der Waals surface area contributed by atoms with E-state index in [4.69, 9.17) is 0 Å². The fourth-order valence-corrected chi connectivity index (χ4v) is 1.55. The van der Waals surface area contributed by atoms with E-state index in [-0.39, 0.29) is 5.91 Å². The Morgan fingerprint density at radius 2 is 2.07 bits per heavy atom. The number of nitrogens with one attached hydrogen (secondary N) is 2. The zero-order valence-electron chi connectivity index (χ0n) is 8.71. The maximum absolute atomic E-state index is 11.3. The summed E-state index contributed by atoms with van der Waals surface area (Å²) in [5, 5.41) is 0. The lowest BCUT2D eigenvalue weighted by Crippen LogP contribution is -2.25. The minimum absolute atomic E-state index is 0.0328. The van der Waals surface area contributed by atoms with Crippen molar-refractivity contribution in [1.82, 2.24) is 10.9 Å². The normalized spacial score (nSPS) is 18.2. The second-order valence-electron chi connectivity index (χ2n) is 3.57. The second kappa shape index (κ2) is 4.28. The van der Waals surface area contributed by atoms with Crippen LogP contribution in [0.4, 0.5) is 0 Å². The van der Waals surface area contributed by atoms with Gasteiger partial charge in [-0.1, -0.05) is 31.2 Å². The van der Waals surface area contributed by atoms with Crippen molar-refractivity contribution >= 4 is 12.0 Å². The van der Waals surface area contributed by atoms with Crippen molar-refractivity contribution < 1.29 is 4.79 Å². The molecule has 0 spiro atoms. The number of rotatable bonds is 2. The van der Waals surface area contributed by atoms with Gasteiger partial charge in [-0.15, -0.1) is 0 Å². The third kappa shape index (κ3) is 2.25. The molecule has 1 aliphatic heterocycles. The third-order valence-corrected chi connectivity index (χ3v) is 2.50. The first-order chi connectivity index (χ1) is 7.29. The molecule has 2 N–H and O–H groups in total. The molecule has 1 aromatic rings. The summed E-state index contributed by atoms with van der Waals surface area (Å²) in [5.41, 5.74) is 8.51. The maximum atomic E-state index is 11.3. The summed E-state index contributed by atoms with van der Waals surface area (Å²) in [7, 11) is 0. The summed E-state index contributed by atoms with van der Waals surface area (Å²) in [4.78, 5) is 11.3. The van der Waals surface area contributed by atoms with Gasteiger partial charge >= 0.3 is 0 Å². The molecule has 1 aromatic carbocycles. The molecule has 2 rings (SSSR count). The Bertz CT molecular complexity index is 393. The van der Waals surface area contributed by atoms with Crippen LogP contribution in [0.2, 0.25) is 0 Å². The molecule has 0 atom stereocenters. The summed E-state index contributed by atoms with van der Waals surface area (Å²) >= 11 is 0. The highest BCUT2D eigenvalue weighted by atomic mass is 16.2. The lowest BCUT2D eigenvalue weighted by atomic mass is 10.1. The van der Waals surface area contributed by atoms with Gasteiger partial charge in [-0.05, 0) is 23.6 Å². The van der Waals surface area contributed by atoms with Crippen LogP contribution >= 0.6 is 0 Å². The number of hydrogen-bond donors (Lipinski definition) is 2. The second-order valence-corrected chi connectivity index (χ2v) is 3.57. The minimum Gasteiger partial charge on any atom is -0.287 e. The van der Waals surface area contributed by atoms with E-state index in [1.807, 2.05) is 18.2 Å². The van der Waals surface area contributed by atoms with E-state index in [1.165, 1.54) is 5.56 Å². The SMILES string of the molecule is CCc1ccc(/C=C2\CNNC2=O)cc1. The lowest BCUT2D eigenvalue weighted by molar-refractivity contribution is -0.116. The smallest absolute Gasteiger partial charge is 0.262 e. The van der Waals surface area contributed by atoms with Crippen LogP contribution in [0.5, 0.6) is 0 Å². The van der Waals surface area contributed by atoms with Gasteiger partial charge in [0.05, 0.1) is 0 Å². The van der Waals surface area contributed by atoms with Crippen LogP contribution in [0.1, 0.15) is 18.1 Å². The summed E-state index contributed by atoms with van der Waals surface area (Å²) in [6.07, 6.45) is 2.95. The fourth-order valence-electron chi connectivity index (χ4n) is 1.55. The summed E-state index contributed by atoms with van der Waals surface area (Å²) in [6.45, 7) is 2.72. The molecule has 1 fully saturated rings. The van der Waals surface area contributed by atoms with Crippen LogP contribution < -0.4 is 10.9 Å². The fraction of sp³-hybridized carbons (Fsp3) is 0.250. The topological polar surface area (TPSA) is 41.1 Å². The quantitative estimate of drug-likeness (QED) is 0.709. The average Bonchev–Trinajstić information content (AvgIpc) is 2.66. The van der Waals surface area contributed by atoms with Crippen molar-refractivity contribution in [2.24, 2.45) is 0 Å². The number of amides is 1. The number of aryl methyl sites for hydroxylation is 1. The highest BCUT2D eigenvalue weighted by molar-refractivity contribution is 5.99. The highest BCUT2D eigenvalue weighted by Gasteiger charge is 2.14. The first-order valence-corrected chi connectivity index (χ1v) is 5.12. The molecule has 0 saturated carbocycles. The Labute approximate surface area is 89.2 Å². The van der Waals surface area contributed by atoms with Gasteiger partial charge in [0.1, 0.15) is 0 Å². The van der Waals surface area contributed by atoms with Gasteiger partial charge in [-0.2, -0.15) is 0 Å². The van der Waals surface area contributed by atoms with Crippen LogP contribution in [-0.2, 0) is 11.2 Å². The van der Waals surface area contributed by atoms with Crippen molar-refractivity contribution in [1.29, 1.82) is 0 Å². The number of hydrogen-bond acceptors (Lipinski definition) is 2. The Morgan fingerprint density at radius 3 is 2.60 bits per heavy atom. The molecule has 0 unspecified atom stereocenters. The number of carbonyl (C=O) groups excluding carboxylic acids is 1. The van der Waals surface area contributed by atoms with Gasteiger partial charge in [0, 0.05) is 12.1 Å². The van der Waals surface area contributed by atoms with Gasteiger partial charge in [0.2, 0.25) is 0 Å². The van der Waals surface area contributed by atoms with Crippen molar-refractivity contribution in [2.75, 3.05) is 6.54 Å². The highest BCUT2D eigenvalue weighted by Crippen LogP contribution is 2.10. The van der Waals surface area contributed by atoms with E-state index in [9.17, 15) is 4.79 Å². The zero-order chi connectivity index (χ0) is 10.7.